The second kappa shape index (κ2) is 4.40. The van der Waals surface area contributed by atoms with Gasteiger partial charge >= 0.3 is 0 Å². The normalized spacial score (nSPS) is 40.0. The Balaban J connectivity index is 1.44. The standard InChI is InChI=1S/C19H18N2O2/c1-10-2-4-11(5-3-10)9-20-21-18(22)16-12-6-7-13(15-8-14(12)15)17(16)19(21)23/h2-7,9,12-17H,8H2,1H3. The highest BCUT2D eigenvalue weighted by Crippen LogP contribution is 2.65. The minimum absolute atomic E-state index is 0.104. The van der Waals surface area contributed by atoms with Crippen LogP contribution in [0.15, 0.2) is 41.5 Å². The summed E-state index contributed by atoms with van der Waals surface area (Å²) >= 11 is 0. The number of hydrazone groups is 1. The number of hydrogen-bond donors (Lipinski definition) is 0. The molecule has 1 aromatic carbocycles. The van der Waals surface area contributed by atoms with E-state index in [2.05, 4.69) is 17.3 Å². The summed E-state index contributed by atoms with van der Waals surface area (Å²) in [5.41, 5.74) is 2.07. The first-order valence-electron chi connectivity index (χ1n) is 8.32. The van der Waals surface area contributed by atoms with E-state index in [1.165, 1.54) is 12.0 Å². The van der Waals surface area contributed by atoms with E-state index in [1.54, 1.807) is 6.21 Å². The van der Waals surface area contributed by atoms with E-state index in [0.29, 0.717) is 11.8 Å². The molecule has 2 bridgehead atoms. The molecule has 116 valence electrons. The quantitative estimate of drug-likeness (QED) is 0.478. The van der Waals surface area contributed by atoms with Gasteiger partial charge in [-0.25, -0.2) is 0 Å². The maximum absolute atomic E-state index is 12.7. The van der Waals surface area contributed by atoms with Crippen molar-refractivity contribution in [3.63, 3.8) is 0 Å². The van der Waals surface area contributed by atoms with Crippen LogP contribution >= 0.6 is 0 Å². The summed E-state index contributed by atoms with van der Waals surface area (Å²) in [5, 5.41) is 5.36. The lowest BCUT2D eigenvalue weighted by molar-refractivity contribution is -0.140. The van der Waals surface area contributed by atoms with E-state index in [1.807, 2.05) is 31.2 Å². The van der Waals surface area contributed by atoms with Crippen LogP contribution in [0, 0.1) is 42.4 Å². The number of aryl methyl sites for hydroxylation is 1. The number of benzene rings is 1. The Hall–Kier alpha value is -2.23. The molecule has 1 saturated heterocycles. The Morgan fingerprint density at radius 3 is 2.13 bits per heavy atom. The van der Waals surface area contributed by atoms with Gasteiger partial charge in [0.2, 0.25) is 0 Å². The van der Waals surface area contributed by atoms with Gasteiger partial charge in [0.05, 0.1) is 18.1 Å². The minimum Gasteiger partial charge on any atom is -0.272 e. The predicted octanol–water partition coefficient (Wildman–Crippen LogP) is 2.38. The van der Waals surface area contributed by atoms with Crippen molar-refractivity contribution in [1.29, 1.82) is 0 Å². The molecule has 1 aromatic rings. The summed E-state index contributed by atoms with van der Waals surface area (Å²) in [6.45, 7) is 2.02. The van der Waals surface area contributed by atoms with Gasteiger partial charge in [0, 0.05) is 0 Å². The Bertz CT molecular complexity index is 728. The predicted molar refractivity (Wildman–Crippen MR) is 85.3 cm³/mol. The molecular weight excluding hydrogens is 288 g/mol. The molecule has 0 spiro atoms. The van der Waals surface area contributed by atoms with E-state index < -0.39 is 0 Å². The first kappa shape index (κ1) is 13.2. The molecule has 1 heterocycles. The molecule has 0 radical (unpaired) electrons. The molecule has 2 amide bonds. The van der Waals surface area contributed by atoms with Gasteiger partial charge in [-0.3, -0.25) is 9.59 Å². The third-order valence-corrected chi connectivity index (χ3v) is 6.04. The van der Waals surface area contributed by atoms with E-state index in [0.717, 1.165) is 10.6 Å². The number of amides is 2. The molecule has 6 rings (SSSR count). The Kier molecular flexibility index (Phi) is 2.53. The fraction of sp³-hybridized carbons (Fsp3) is 0.421. The molecule has 6 atom stereocenters. The lowest BCUT2D eigenvalue weighted by Crippen LogP contribution is -2.40. The molecule has 3 fully saturated rings. The maximum atomic E-state index is 12.7. The topological polar surface area (TPSA) is 49.7 Å². The van der Waals surface area contributed by atoms with E-state index in [9.17, 15) is 9.59 Å². The van der Waals surface area contributed by atoms with Crippen LogP contribution in [0.25, 0.3) is 0 Å². The van der Waals surface area contributed by atoms with Crippen LogP contribution in [0.1, 0.15) is 17.5 Å². The van der Waals surface area contributed by atoms with Crippen LogP contribution in [0.3, 0.4) is 0 Å². The van der Waals surface area contributed by atoms with Gasteiger partial charge in [-0.1, -0.05) is 42.0 Å². The van der Waals surface area contributed by atoms with Crippen LogP contribution in [-0.4, -0.2) is 23.0 Å². The fourth-order valence-electron chi connectivity index (χ4n) is 4.83. The van der Waals surface area contributed by atoms with Crippen molar-refractivity contribution in [3.8, 4) is 0 Å². The third kappa shape index (κ3) is 1.75. The highest BCUT2D eigenvalue weighted by atomic mass is 16.2. The zero-order chi connectivity index (χ0) is 15.7. The van der Waals surface area contributed by atoms with Gasteiger partial charge in [0.25, 0.3) is 11.8 Å². The molecular formula is C19H18N2O2. The lowest BCUT2D eigenvalue weighted by Gasteiger charge is -2.37. The van der Waals surface area contributed by atoms with Crippen LogP contribution in [0.2, 0.25) is 0 Å². The van der Waals surface area contributed by atoms with Crippen LogP contribution in [0.4, 0.5) is 0 Å². The van der Waals surface area contributed by atoms with Crippen molar-refractivity contribution >= 4 is 18.0 Å². The summed E-state index contributed by atoms with van der Waals surface area (Å²) in [5.74, 6) is 1.22. The van der Waals surface area contributed by atoms with Crippen molar-refractivity contribution in [1.82, 2.24) is 5.01 Å². The average molecular weight is 306 g/mol. The largest absolute Gasteiger partial charge is 0.272 e. The van der Waals surface area contributed by atoms with Crippen molar-refractivity contribution in [2.45, 2.75) is 13.3 Å². The van der Waals surface area contributed by atoms with Crippen molar-refractivity contribution in [3.05, 3.63) is 47.5 Å². The zero-order valence-corrected chi connectivity index (χ0v) is 12.9. The molecule has 2 saturated carbocycles. The van der Waals surface area contributed by atoms with E-state index in [-0.39, 0.29) is 35.5 Å². The molecule has 6 unspecified atom stereocenters. The summed E-state index contributed by atoms with van der Waals surface area (Å²) in [7, 11) is 0. The van der Waals surface area contributed by atoms with Gasteiger partial charge in [-0.2, -0.15) is 10.1 Å². The second-order valence-electron chi connectivity index (χ2n) is 7.30. The molecule has 23 heavy (non-hydrogen) atoms. The SMILES string of the molecule is Cc1ccc(C=NN2C(=O)C3C4C=CC(C5CC45)C3C2=O)cc1. The highest BCUT2D eigenvalue weighted by molar-refractivity contribution is 6.06. The number of hydrogen-bond acceptors (Lipinski definition) is 3. The van der Waals surface area contributed by atoms with Gasteiger partial charge in [-0.15, -0.1) is 0 Å². The van der Waals surface area contributed by atoms with E-state index >= 15 is 0 Å². The Morgan fingerprint density at radius 2 is 1.57 bits per heavy atom. The Morgan fingerprint density at radius 1 is 1.00 bits per heavy atom. The number of rotatable bonds is 2. The van der Waals surface area contributed by atoms with Gasteiger partial charge in [-0.05, 0) is 42.6 Å². The van der Waals surface area contributed by atoms with Crippen LogP contribution < -0.4 is 0 Å². The second-order valence-corrected chi connectivity index (χ2v) is 7.30. The van der Waals surface area contributed by atoms with E-state index in [4.69, 9.17) is 0 Å². The van der Waals surface area contributed by atoms with Crippen molar-refractivity contribution < 1.29 is 9.59 Å². The molecule has 5 aliphatic rings. The summed E-state index contributed by atoms with van der Waals surface area (Å²) < 4.78 is 0. The number of allylic oxidation sites excluding steroid dienone is 2. The number of carbonyl (C=O) groups excluding carboxylic acids is 2. The molecule has 4 heteroatoms. The van der Waals surface area contributed by atoms with Crippen LogP contribution in [-0.2, 0) is 9.59 Å². The highest BCUT2D eigenvalue weighted by Gasteiger charge is 2.67. The Labute approximate surface area is 134 Å². The molecule has 4 aliphatic carbocycles. The molecule has 1 aliphatic heterocycles. The van der Waals surface area contributed by atoms with Gasteiger partial charge in [0.1, 0.15) is 0 Å². The van der Waals surface area contributed by atoms with Gasteiger partial charge in [0.15, 0.2) is 0 Å². The summed E-state index contributed by atoms with van der Waals surface area (Å²) in [4.78, 5) is 25.5. The maximum Gasteiger partial charge on any atom is 0.254 e. The molecule has 4 nitrogen and oxygen atoms in total. The summed E-state index contributed by atoms with van der Waals surface area (Å²) in [6.07, 6.45) is 7.15. The smallest absolute Gasteiger partial charge is 0.254 e. The number of nitrogens with zero attached hydrogens (tertiary/aromatic N) is 2. The van der Waals surface area contributed by atoms with Crippen LogP contribution in [0.5, 0.6) is 0 Å². The lowest BCUT2D eigenvalue weighted by atomic mass is 9.63. The first-order chi connectivity index (χ1) is 11.1. The molecule has 0 N–H and O–H groups in total. The average Bonchev–Trinajstić information content (AvgIpc) is 3.33. The fourth-order valence-corrected chi connectivity index (χ4v) is 4.83. The van der Waals surface area contributed by atoms with Gasteiger partial charge < -0.3 is 0 Å². The summed E-state index contributed by atoms with van der Waals surface area (Å²) in [6, 6.07) is 7.87. The van der Waals surface area contributed by atoms with Crippen molar-refractivity contribution in [2.75, 3.05) is 0 Å². The molecule has 0 aromatic heterocycles. The number of carbonyl (C=O) groups is 2. The number of imide groups is 1. The minimum atomic E-state index is -0.170. The monoisotopic (exact) mass is 306 g/mol. The zero-order valence-electron chi connectivity index (χ0n) is 12.9. The van der Waals surface area contributed by atoms with Crippen molar-refractivity contribution in [2.24, 2.45) is 40.6 Å². The first-order valence-corrected chi connectivity index (χ1v) is 8.32. The third-order valence-electron chi connectivity index (χ3n) is 6.04.